The van der Waals surface area contributed by atoms with Gasteiger partial charge in [-0.2, -0.15) is 10.2 Å². The zero-order valence-electron chi connectivity index (χ0n) is 15.3. The van der Waals surface area contributed by atoms with Gasteiger partial charge in [-0.3, -0.25) is 14.3 Å². The van der Waals surface area contributed by atoms with Crippen LogP contribution in [-0.4, -0.2) is 24.5 Å². The van der Waals surface area contributed by atoms with Gasteiger partial charge in [0.05, 0.1) is 12.2 Å². The molecule has 0 spiro atoms. The van der Waals surface area contributed by atoms with Crippen molar-refractivity contribution in [3.63, 3.8) is 0 Å². The second-order valence-corrected chi connectivity index (χ2v) is 6.49. The lowest BCUT2D eigenvalue weighted by molar-refractivity contribution is 0.656. The van der Waals surface area contributed by atoms with Crippen molar-refractivity contribution in [2.24, 2.45) is 7.05 Å². The summed E-state index contributed by atoms with van der Waals surface area (Å²) in [4.78, 5) is 4.09. The SMILES string of the molecule is Cn1cc(CNCc2ccccc2Cn2cccn2)c(-c2ccncc2)n1. The minimum atomic E-state index is 0.752. The van der Waals surface area contributed by atoms with Crippen LogP contribution in [0, 0.1) is 0 Å². The van der Waals surface area contributed by atoms with Crippen molar-refractivity contribution in [1.82, 2.24) is 29.9 Å². The topological polar surface area (TPSA) is 60.6 Å². The molecule has 0 aliphatic carbocycles. The van der Waals surface area contributed by atoms with Crippen molar-refractivity contribution in [3.8, 4) is 11.3 Å². The van der Waals surface area contributed by atoms with Crippen LogP contribution in [0.2, 0.25) is 0 Å². The van der Waals surface area contributed by atoms with E-state index in [0.29, 0.717) is 0 Å². The Hall–Kier alpha value is -3.25. The predicted octanol–water partition coefficient (Wildman–Crippen LogP) is 3.02. The Morgan fingerprint density at radius 3 is 2.44 bits per heavy atom. The number of aryl methyl sites for hydroxylation is 1. The standard InChI is InChI=1S/C21H22N6/c1-26-15-20(21(25-26)17-7-10-22-11-8-17)14-23-13-18-5-2-3-6-19(18)16-27-12-4-9-24-27/h2-12,15,23H,13-14,16H2,1H3. The number of benzene rings is 1. The van der Waals surface area contributed by atoms with Crippen LogP contribution < -0.4 is 5.32 Å². The molecule has 27 heavy (non-hydrogen) atoms. The molecule has 1 aromatic carbocycles. The van der Waals surface area contributed by atoms with Gasteiger partial charge in [0.1, 0.15) is 0 Å². The Kier molecular flexibility index (Phi) is 5.07. The smallest absolute Gasteiger partial charge is 0.0969 e. The molecule has 0 bridgehead atoms. The molecule has 4 aromatic rings. The van der Waals surface area contributed by atoms with Crippen molar-refractivity contribution in [1.29, 1.82) is 0 Å². The highest BCUT2D eigenvalue weighted by Crippen LogP contribution is 2.21. The van der Waals surface area contributed by atoms with Gasteiger partial charge >= 0.3 is 0 Å². The fourth-order valence-electron chi connectivity index (χ4n) is 3.20. The number of nitrogens with zero attached hydrogens (tertiary/aromatic N) is 5. The minimum absolute atomic E-state index is 0.752. The molecule has 0 atom stereocenters. The van der Waals surface area contributed by atoms with E-state index >= 15 is 0 Å². The number of aromatic nitrogens is 5. The second-order valence-electron chi connectivity index (χ2n) is 6.49. The molecule has 6 heteroatoms. The highest BCUT2D eigenvalue weighted by Gasteiger charge is 2.10. The van der Waals surface area contributed by atoms with Crippen molar-refractivity contribution in [2.75, 3.05) is 0 Å². The van der Waals surface area contributed by atoms with Gasteiger partial charge in [0.2, 0.25) is 0 Å². The molecule has 0 saturated carbocycles. The van der Waals surface area contributed by atoms with Crippen LogP contribution in [0.4, 0.5) is 0 Å². The first-order chi connectivity index (χ1) is 13.3. The summed E-state index contributed by atoms with van der Waals surface area (Å²) in [7, 11) is 1.95. The van der Waals surface area contributed by atoms with Crippen LogP contribution in [-0.2, 0) is 26.7 Å². The van der Waals surface area contributed by atoms with Crippen molar-refractivity contribution < 1.29 is 0 Å². The Balaban J connectivity index is 1.45. The highest BCUT2D eigenvalue weighted by atomic mass is 15.3. The maximum atomic E-state index is 4.61. The summed E-state index contributed by atoms with van der Waals surface area (Å²) in [5.74, 6) is 0. The summed E-state index contributed by atoms with van der Waals surface area (Å²) in [5.41, 5.74) is 5.81. The molecule has 4 rings (SSSR count). The van der Waals surface area contributed by atoms with Crippen LogP contribution in [0.1, 0.15) is 16.7 Å². The lowest BCUT2D eigenvalue weighted by Gasteiger charge is -2.11. The van der Waals surface area contributed by atoms with Gasteiger partial charge in [-0.15, -0.1) is 0 Å². The van der Waals surface area contributed by atoms with Crippen molar-refractivity contribution >= 4 is 0 Å². The monoisotopic (exact) mass is 358 g/mol. The summed E-state index contributed by atoms with van der Waals surface area (Å²) in [6.07, 6.45) is 9.46. The molecule has 3 heterocycles. The third-order valence-corrected chi connectivity index (χ3v) is 4.50. The molecule has 0 unspecified atom stereocenters. The average Bonchev–Trinajstić information content (AvgIpc) is 3.33. The Labute approximate surface area is 158 Å². The highest BCUT2D eigenvalue weighted by molar-refractivity contribution is 5.61. The largest absolute Gasteiger partial charge is 0.308 e. The predicted molar refractivity (Wildman–Crippen MR) is 105 cm³/mol. The normalized spacial score (nSPS) is 11.0. The van der Waals surface area contributed by atoms with Crippen molar-refractivity contribution in [2.45, 2.75) is 19.6 Å². The molecule has 0 aliphatic heterocycles. The molecule has 0 amide bonds. The number of hydrogen-bond donors (Lipinski definition) is 1. The van der Waals surface area contributed by atoms with Gasteiger partial charge in [0, 0.05) is 62.2 Å². The van der Waals surface area contributed by atoms with E-state index in [1.54, 1.807) is 12.4 Å². The summed E-state index contributed by atoms with van der Waals surface area (Å²) in [5, 5.41) is 12.5. The van der Waals surface area contributed by atoms with E-state index in [-0.39, 0.29) is 0 Å². The van der Waals surface area contributed by atoms with E-state index in [0.717, 1.165) is 30.9 Å². The molecule has 6 nitrogen and oxygen atoms in total. The second kappa shape index (κ2) is 7.97. The van der Waals surface area contributed by atoms with Crippen LogP contribution >= 0.6 is 0 Å². The first-order valence-electron chi connectivity index (χ1n) is 8.97. The molecular weight excluding hydrogens is 336 g/mol. The minimum Gasteiger partial charge on any atom is -0.308 e. The molecule has 136 valence electrons. The number of rotatable bonds is 7. The van der Waals surface area contributed by atoms with Crippen LogP contribution in [0.5, 0.6) is 0 Å². The average molecular weight is 358 g/mol. The molecular formula is C21H22N6. The summed E-state index contributed by atoms with van der Waals surface area (Å²) >= 11 is 0. The maximum absolute atomic E-state index is 4.61. The van der Waals surface area contributed by atoms with Crippen LogP contribution in [0.3, 0.4) is 0 Å². The van der Waals surface area contributed by atoms with E-state index < -0.39 is 0 Å². The summed E-state index contributed by atoms with van der Waals surface area (Å²) < 4.78 is 3.81. The van der Waals surface area contributed by atoms with E-state index in [2.05, 4.69) is 51.0 Å². The third kappa shape index (κ3) is 4.12. The van der Waals surface area contributed by atoms with Gasteiger partial charge in [-0.25, -0.2) is 0 Å². The lowest BCUT2D eigenvalue weighted by atomic mass is 10.1. The fourth-order valence-corrected chi connectivity index (χ4v) is 3.20. The summed E-state index contributed by atoms with van der Waals surface area (Å²) in [6.45, 7) is 2.32. The van der Waals surface area contributed by atoms with E-state index in [1.807, 2.05) is 47.0 Å². The van der Waals surface area contributed by atoms with E-state index in [1.165, 1.54) is 16.7 Å². The zero-order chi connectivity index (χ0) is 18.5. The van der Waals surface area contributed by atoms with Gasteiger partial charge in [-0.05, 0) is 29.3 Å². The first-order valence-corrected chi connectivity index (χ1v) is 8.97. The molecule has 0 radical (unpaired) electrons. The molecule has 3 aromatic heterocycles. The molecule has 0 aliphatic rings. The van der Waals surface area contributed by atoms with E-state index in [4.69, 9.17) is 0 Å². The number of hydrogen-bond acceptors (Lipinski definition) is 4. The van der Waals surface area contributed by atoms with Gasteiger partial charge in [-0.1, -0.05) is 24.3 Å². The Morgan fingerprint density at radius 2 is 1.67 bits per heavy atom. The molecule has 0 saturated heterocycles. The van der Waals surface area contributed by atoms with E-state index in [9.17, 15) is 0 Å². The first kappa shape index (κ1) is 17.2. The van der Waals surface area contributed by atoms with Gasteiger partial charge in [0.25, 0.3) is 0 Å². The maximum Gasteiger partial charge on any atom is 0.0969 e. The lowest BCUT2D eigenvalue weighted by Crippen LogP contribution is -2.15. The van der Waals surface area contributed by atoms with Crippen LogP contribution in [0.25, 0.3) is 11.3 Å². The quantitative estimate of drug-likeness (QED) is 0.552. The molecule has 0 fully saturated rings. The molecule has 1 N–H and O–H groups in total. The van der Waals surface area contributed by atoms with Gasteiger partial charge in [0.15, 0.2) is 0 Å². The zero-order valence-corrected chi connectivity index (χ0v) is 15.3. The van der Waals surface area contributed by atoms with Crippen molar-refractivity contribution in [3.05, 3.63) is 90.1 Å². The van der Waals surface area contributed by atoms with Gasteiger partial charge < -0.3 is 5.32 Å². The number of pyridine rings is 1. The number of nitrogens with one attached hydrogen (secondary N) is 1. The summed E-state index contributed by atoms with van der Waals surface area (Å²) in [6, 6.07) is 14.4. The van der Waals surface area contributed by atoms with Crippen LogP contribution in [0.15, 0.2) is 73.4 Å². The fraction of sp³-hybridized carbons (Fsp3) is 0.190. The Morgan fingerprint density at radius 1 is 0.889 bits per heavy atom. The Bertz CT molecular complexity index is 989. The third-order valence-electron chi connectivity index (χ3n) is 4.50.